The van der Waals surface area contributed by atoms with Crippen LogP contribution >= 0.6 is 0 Å². The molecule has 188 valence electrons. The minimum absolute atomic E-state index is 0.213. The van der Waals surface area contributed by atoms with Gasteiger partial charge in [0.05, 0.1) is 30.6 Å². The molecule has 0 saturated heterocycles. The Hall–Kier alpha value is -4.47. The van der Waals surface area contributed by atoms with Crippen molar-refractivity contribution < 1.29 is 14.0 Å². The zero-order chi connectivity index (χ0) is 25.6. The van der Waals surface area contributed by atoms with Crippen molar-refractivity contribution in [3.63, 3.8) is 0 Å². The zero-order valence-electron chi connectivity index (χ0n) is 20.0. The number of benzene rings is 1. The van der Waals surface area contributed by atoms with Crippen LogP contribution in [0.5, 0.6) is 0 Å². The van der Waals surface area contributed by atoms with Crippen LogP contribution in [0, 0.1) is 5.82 Å². The number of halogens is 1. The lowest BCUT2D eigenvalue weighted by Crippen LogP contribution is -2.44. The van der Waals surface area contributed by atoms with Gasteiger partial charge in [0, 0.05) is 30.4 Å². The monoisotopic (exact) mass is 499 g/mol. The summed E-state index contributed by atoms with van der Waals surface area (Å²) in [6, 6.07) is 8.61. The number of carbonyl (C=O) groups excluding carboxylic acids is 2. The first-order chi connectivity index (χ1) is 18.1. The Labute approximate surface area is 213 Å². The number of imidazole rings is 1. The summed E-state index contributed by atoms with van der Waals surface area (Å²) in [6.07, 6.45) is 12.8. The maximum absolute atomic E-state index is 13.7. The summed E-state index contributed by atoms with van der Waals surface area (Å²) in [5.74, 6) is -0.154. The van der Waals surface area contributed by atoms with Crippen LogP contribution in [0.4, 0.5) is 10.1 Å². The molecule has 1 fully saturated rings. The molecule has 1 atom stereocenters. The average Bonchev–Trinajstić information content (AvgIpc) is 3.42. The number of aromatic nitrogens is 5. The van der Waals surface area contributed by atoms with Crippen LogP contribution in [0.3, 0.4) is 0 Å². The number of nitrogens with one attached hydrogen (secondary N) is 2. The number of anilines is 1. The van der Waals surface area contributed by atoms with Crippen molar-refractivity contribution in [2.45, 2.75) is 37.6 Å². The van der Waals surface area contributed by atoms with E-state index in [0.29, 0.717) is 23.6 Å². The molecular weight excluding hydrogens is 473 g/mol. The lowest BCUT2D eigenvalue weighted by molar-refractivity contribution is -0.122. The lowest BCUT2D eigenvalue weighted by atomic mass is 9.85. The Morgan fingerprint density at radius 1 is 1.08 bits per heavy atom. The molecule has 10 heteroatoms. The zero-order valence-corrected chi connectivity index (χ0v) is 20.0. The molecule has 37 heavy (non-hydrogen) atoms. The number of rotatable bonds is 9. The first-order valence-electron chi connectivity index (χ1n) is 12.2. The fourth-order valence-corrected chi connectivity index (χ4v) is 4.29. The van der Waals surface area contributed by atoms with Crippen LogP contribution in [0.1, 0.15) is 58.7 Å². The fraction of sp³-hybridized carbons (Fsp3) is 0.259. The number of carbonyl (C=O) groups is 2. The number of H-pyrrole nitrogens is 1. The second kappa shape index (κ2) is 11.1. The van der Waals surface area contributed by atoms with Gasteiger partial charge in [-0.2, -0.15) is 0 Å². The highest BCUT2D eigenvalue weighted by Gasteiger charge is 2.35. The van der Waals surface area contributed by atoms with Crippen LogP contribution in [0.15, 0.2) is 73.7 Å². The standard InChI is InChI=1S/C27H26FN7O2/c28-21-8-1-4-18(12-21)9-11-31-26(36)24(20-7-3-10-29-13-20)35(27(37)23-16-30-17-34-23)22-14-32-25(33-15-22)19-5-2-6-19/h1,3-4,7-8,10,12-17,19,24H,2,5-6,9,11H2,(H,30,34)(H,31,36). The van der Waals surface area contributed by atoms with E-state index >= 15 is 0 Å². The summed E-state index contributed by atoms with van der Waals surface area (Å²) in [5.41, 5.74) is 1.85. The number of amides is 2. The lowest BCUT2D eigenvalue weighted by Gasteiger charge is -2.31. The maximum Gasteiger partial charge on any atom is 0.277 e. The van der Waals surface area contributed by atoms with Gasteiger partial charge in [0.15, 0.2) is 0 Å². The summed E-state index contributed by atoms with van der Waals surface area (Å²) in [5, 5.41) is 2.90. The Bertz CT molecular complexity index is 1340. The summed E-state index contributed by atoms with van der Waals surface area (Å²) in [7, 11) is 0. The van der Waals surface area contributed by atoms with Gasteiger partial charge in [-0.1, -0.05) is 24.6 Å². The number of nitrogens with zero attached hydrogens (tertiary/aromatic N) is 5. The predicted octanol–water partition coefficient (Wildman–Crippen LogP) is 3.75. The SMILES string of the molecule is O=C(NCCc1cccc(F)c1)C(c1cccnc1)N(C(=O)c1cnc[nH]1)c1cnc(C2CCC2)nc1. The number of hydrogen-bond donors (Lipinski definition) is 2. The molecule has 2 N–H and O–H groups in total. The Morgan fingerprint density at radius 3 is 2.57 bits per heavy atom. The number of hydrogen-bond acceptors (Lipinski definition) is 6. The van der Waals surface area contributed by atoms with E-state index in [1.165, 1.54) is 29.6 Å². The van der Waals surface area contributed by atoms with Crippen LogP contribution in [0.2, 0.25) is 0 Å². The van der Waals surface area contributed by atoms with Crippen LogP contribution in [-0.4, -0.2) is 43.3 Å². The first kappa shape index (κ1) is 24.2. The van der Waals surface area contributed by atoms with E-state index < -0.39 is 17.9 Å². The third-order valence-electron chi connectivity index (χ3n) is 6.46. The molecule has 3 aromatic heterocycles. The number of aromatic amines is 1. The molecule has 0 spiro atoms. The highest BCUT2D eigenvalue weighted by Crippen LogP contribution is 2.35. The molecule has 1 unspecified atom stereocenters. The van der Waals surface area contributed by atoms with E-state index in [0.717, 1.165) is 30.7 Å². The average molecular weight is 500 g/mol. The van der Waals surface area contributed by atoms with Crippen molar-refractivity contribution >= 4 is 17.5 Å². The molecule has 0 aliphatic heterocycles. The Morgan fingerprint density at radius 2 is 1.92 bits per heavy atom. The first-order valence-corrected chi connectivity index (χ1v) is 12.2. The van der Waals surface area contributed by atoms with Gasteiger partial charge in [0.1, 0.15) is 23.4 Å². The minimum Gasteiger partial charge on any atom is -0.354 e. The third-order valence-corrected chi connectivity index (χ3v) is 6.46. The predicted molar refractivity (Wildman–Crippen MR) is 134 cm³/mol. The van der Waals surface area contributed by atoms with Crippen molar-refractivity contribution in [1.29, 1.82) is 0 Å². The van der Waals surface area contributed by atoms with E-state index in [-0.39, 0.29) is 18.1 Å². The van der Waals surface area contributed by atoms with Gasteiger partial charge in [0.25, 0.3) is 5.91 Å². The van der Waals surface area contributed by atoms with Crippen LogP contribution < -0.4 is 10.2 Å². The highest BCUT2D eigenvalue weighted by molar-refractivity contribution is 6.08. The van der Waals surface area contributed by atoms with Gasteiger partial charge in [-0.15, -0.1) is 0 Å². The molecule has 4 aromatic rings. The fourth-order valence-electron chi connectivity index (χ4n) is 4.29. The van der Waals surface area contributed by atoms with Gasteiger partial charge in [-0.3, -0.25) is 19.5 Å². The normalized spacial score (nSPS) is 14.0. The highest BCUT2D eigenvalue weighted by atomic mass is 19.1. The van der Waals surface area contributed by atoms with Crippen molar-refractivity contribution in [2.75, 3.05) is 11.4 Å². The molecule has 5 rings (SSSR count). The maximum atomic E-state index is 13.7. The molecule has 1 aromatic carbocycles. The summed E-state index contributed by atoms with van der Waals surface area (Å²) >= 11 is 0. The van der Waals surface area contributed by atoms with Crippen molar-refractivity contribution in [3.8, 4) is 0 Å². The van der Waals surface area contributed by atoms with Crippen LogP contribution in [-0.2, 0) is 11.2 Å². The summed E-state index contributed by atoms with van der Waals surface area (Å²) in [4.78, 5) is 48.7. The summed E-state index contributed by atoms with van der Waals surface area (Å²) < 4.78 is 13.6. The Kier molecular flexibility index (Phi) is 7.25. The third kappa shape index (κ3) is 5.53. The van der Waals surface area contributed by atoms with E-state index in [1.54, 1.807) is 49.1 Å². The molecule has 3 heterocycles. The Balaban J connectivity index is 1.46. The van der Waals surface area contributed by atoms with Gasteiger partial charge >= 0.3 is 0 Å². The quantitative estimate of drug-likeness (QED) is 0.362. The van der Waals surface area contributed by atoms with Gasteiger partial charge in [-0.05, 0) is 43.0 Å². The van der Waals surface area contributed by atoms with Crippen LogP contribution in [0.25, 0.3) is 0 Å². The van der Waals surface area contributed by atoms with E-state index in [9.17, 15) is 14.0 Å². The minimum atomic E-state index is -1.06. The van der Waals surface area contributed by atoms with E-state index in [1.807, 2.05) is 0 Å². The van der Waals surface area contributed by atoms with E-state index in [2.05, 4.69) is 30.2 Å². The van der Waals surface area contributed by atoms with Crippen molar-refractivity contribution in [3.05, 3.63) is 102 Å². The molecule has 0 radical (unpaired) electrons. The van der Waals surface area contributed by atoms with Gasteiger partial charge in [0.2, 0.25) is 5.91 Å². The molecule has 1 saturated carbocycles. The van der Waals surface area contributed by atoms with Crippen molar-refractivity contribution in [2.24, 2.45) is 0 Å². The second-order valence-corrected chi connectivity index (χ2v) is 8.93. The van der Waals surface area contributed by atoms with Crippen molar-refractivity contribution in [1.82, 2.24) is 30.2 Å². The second-order valence-electron chi connectivity index (χ2n) is 8.93. The largest absolute Gasteiger partial charge is 0.354 e. The van der Waals surface area contributed by atoms with Gasteiger partial charge < -0.3 is 10.3 Å². The van der Waals surface area contributed by atoms with E-state index in [4.69, 9.17) is 0 Å². The van der Waals surface area contributed by atoms with Gasteiger partial charge in [-0.25, -0.2) is 19.3 Å². The topological polar surface area (TPSA) is 117 Å². The molecule has 2 amide bonds. The summed E-state index contributed by atoms with van der Waals surface area (Å²) in [6.45, 7) is 0.252. The molecule has 0 bridgehead atoms. The number of pyridine rings is 1. The smallest absolute Gasteiger partial charge is 0.277 e. The molecule has 1 aliphatic carbocycles. The molecular formula is C27H26FN7O2. The molecule has 9 nitrogen and oxygen atoms in total. The molecule has 1 aliphatic rings.